The number of benzene rings is 2. The molecule has 0 amide bonds. The number of carbonyl (C=O) groups is 1. The van der Waals surface area contributed by atoms with E-state index >= 15 is 0 Å². The van der Waals surface area contributed by atoms with Crippen LogP contribution in [0.25, 0.3) is 0 Å². The lowest BCUT2D eigenvalue weighted by molar-refractivity contribution is 0.0490. The summed E-state index contributed by atoms with van der Waals surface area (Å²) in [5.41, 5.74) is 7.24. The first kappa shape index (κ1) is 31.1. The summed E-state index contributed by atoms with van der Waals surface area (Å²) in [6.45, 7) is 28.9. The molecule has 0 saturated carbocycles. The van der Waals surface area contributed by atoms with Gasteiger partial charge in [0.1, 0.15) is 0 Å². The molecule has 37 heavy (non-hydrogen) atoms. The van der Waals surface area contributed by atoms with Crippen LogP contribution in [0, 0.1) is 0 Å². The van der Waals surface area contributed by atoms with Crippen LogP contribution in [-0.2, 0) is 32.9 Å². The summed E-state index contributed by atoms with van der Waals surface area (Å²) in [5.74, 6) is -0.230. The second-order valence-corrected chi connectivity index (χ2v) is 14.9. The van der Waals surface area contributed by atoms with Crippen molar-refractivity contribution < 1.29 is 9.53 Å². The van der Waals surface area contributed by atoms with E-state index in [4.69, 9.17) is 4.74 Å². The van der Waals surface area contributed by atoms with Crippen LogP contribution in [-0.4, -0.2) is 31.1 Å². The maximum absolute atomic E-state index is 13.0. The molecule has 0 aliphatic heterocycles. The van der Waals surface area contributed by atoms with Crippen molar-refractivity contribution in [2.45, 2.75) is 118 Å². The second kappa shape index (κ2) is 11.3. The van der Waals surface area contributed by atoms with Crippen LogP contribution in [0.4, 0.5) is 0 Å². The lowest BCUT2D eigenvalue weighted by Crippen LogP contribution is -2.23. The molecule has 0 N–H and O–H groups in total. The summed E-state index contributed by atoms with van der Waals surface area (Å²) < 4.78 is 5.73. The highest BCUT2D eigenvalue weighted by Gasteiger charge is 2.23. The van der Waals surface area contributed by atoms with Gasteiger partial charge in [-0.25, -0.2) is 4.79 Å². The van der Waals surface area contributed by atoms with E-state index in [1.807, 2.05) is 12.1 Å². The van der Waals surface area contributed by atoms with Gasteiger partial charge < -0.3 is 9.64 Å². The van der Waals surface area contributed by atoms with E-state index in [0.29, 0.717) is 12.2 Å². The molecule has 2 aromatic rings. The zero-order chi connectivity index (χ0) is 28.4. The Bertz CT molecular complexity index is 1000. The summed E-state index contributed by atoms with van der Waals surface area (Å²) >= 11 is 0. The van der Waals surface area contributed by atoms with Crippen LogP contribution in [0.3, 0.4) is 0 Å². The number of nitrogens with zero attached hydrogens (tertiary/aromatic N) is 1. The minimum Gasteiger partial charge on any atom is -0.462 e. The monoisotopic (exact) mass is 507 g/mol. The Kier molecular flexibility index (Phi) is 9.51. The van der Waals surface area contributed by atoms with Crippen LogP contribution in [0.2, 0.25) is 0 Å². The average Bonchev–Trinajstić information content (AvgIpc) is 2.73. The van der Waals surface area contributed by atoms with E-state index in [1.165, 1.54) is 27.8 Å². The van der Waals surface area contributed by atoms with Gasteiger partial charge in [-0.15, -0.1) is 0 Å². The number of ether oxygens (including phenoxy) is 1. The molecule has 0 aliphatic carbocycles. The van der Waals surface area contributed by atoms with E-state index in [1.54, 1.807) is 0 Å². The molecule has 3 nitrogen and oxygen atoms in total. The molecule has 0 fully saturated rings. The zero-order valence-corrected chi connectivity index (χ0v) is 26.1. The number of carbonyl (C=O) groups excluding carboxylic acids is 1. The summed E-state index contributed by atoms with van der Waals surface area (Å²) in [6.07, 6.45) is 0.804. The smallest absolute Gasteiger partial charge is 0.338 e. The zero-order valence-electron chi connectivity index (χ0n) is 26.1. The van der Waals surface area contributed by atoms with Crippen molar-refractivity contribution in [3.05, 3.63) is 69.8 Å². The van der Waals surface area contributed by atoms with Crippen molar-refractivity contribution in [3.8, 4) is 0 Å². The third kappa shape index (κ3) is 9.28. The molecule has 3 heteroatoms. The number of hydrogen-bond donors (Lipinski definition) is 0. The van der Waals surface area contributed by atoms with Crippen LogP contribution in [0.5, 0.6) is 0 Å². The fraction of sp³-hybridized carbons (Fsp3) is 0.618. The third-order valence-corrected chi connectivity index (χ3v) is 7.00. The molecular weight excluding hydrogens is 454 g/mol. The lowest BCUT2D eigenvalue weighted by Gasteiger charge is -2.27. The van der Waals surface area contributed by atoms with E-state index in [0.717, 1.165) is 19.5 Å². The van der Waals surface area contributed by atoms with Gasteiger partial charge in [0, 0.05) is 13.1 Å². The summed E-state index contributed by atoms with van der Waals surface area (Å²) in [4.78, 5) is 15.3. The van der Waals surface area contributed by atoms with Gasteiger partial charge in [-0.1, -0.05) is 107 Å². The van der Waals surface area contributed by atoms with Crippen LogP contribution >= 0.6 is 0 Å². The van der Waals surface area contributed by atoms with Crippen LogP contribution in [0.15, 0.2) is 36.4 Å². The Labute approximate surface area is 228 Å². The molecular formula is C34H53NO2. The van der Waals surface area contributed by atoms with Crippen molar-refractivity contribution in [1.29, 1.82) is 0 Å². The molecule has 0 aromatic heterocycles. The minimum absolute atomic E-state index is 0.0316. The molecule has 0 radical (unpaired) electrons. The first-order valence-electron chi connectivity index (χ1n) is 13.8. The Hall–Kier alpha value is -2.13. The maximum Gasteiger partial charge on any atom is 0.338 e. The molecule has 0 heterocycles. The van der Waals surface area contributed by atoms with E-state index in [9.17, 15) is 4.79 Å². The quantitative estimate of drug-likeness (QED) is 0.278. The standard InChI is InChI=1S/C34H53NO2/c1-31(2,3)26-17-24(18-27(21-26)32(4,5)6)23-35(13)15-14-16-37-30(36)25-19-28(33(7,8)9)22-29(20-25)34(10,11)12/h17-22H,14-16,23H2,1-13H3. The molecule has 0 bridgehead atoms. The normalized spacial score (nSPS) is 13.2. The maximum atomic E-state index is 13.0. The van der Waals surface area contributed by atoms with Gasteiger partial charge in [-0.05, 0) is 75.1 Å². The summed E-state index contributed by atoms with van der Waals surface area (Å²) in [7, 11) is 2.14. The highest BCUT2D eigenvalue weighted by molar-refractivity contribution is 5.90. The molecule has 0 atom stereocenters. The average molecular weight is 508 g/mol. The van der Waals surface area contributed by atoms with Crippen LogP contribution in [0.1, 0.15) is 128 Å². The van der Waals surface area contributed by atoms with Gasteiger partial charge in [0.2, 0.25) is 0 Å². The molecule has 2 rings (SSSR count). The first-order valence-corrected chi connectivity index (χ1v) is 13.8. The van der Waals surface area contributed by atoms with Crippen molar-refractivity contribution in [1.82, 2.24) is 4.90 Å². The SMILES string of the molecule is CN(CCCOC(=O)c1cc(C(C)(C)C)cc(C(C)(C)C)c1)Cc1cc(C(C)(C)C)cc(C(C)(C)C)c1. The highest BCUT2D eigenvalue weighted by atomic mass is 16.5. The number of esters is 1. The molecule has 0 aliphatic rings. The molecule has 0 spiro atoms. The van der Waals surface area contributed by atoms with Gasteiger partial charge in [0.05, 0.1) is 12.2 Å². The molecule has 2 aromatic carbocycles. The molecule has 206 valence electrons. The van der Waals surface area contributed by atoms with Gasteiger partial charge in [-0.2, -0.15) is 0 Å². The minimum atomic E-state index is -0.230. The van der Waals surface area contributed by atoms with Crippen molar-refractivity contribution in [2.24, 2.45) is 0 Å². The lowest BCUT2D eigenvalue weighted by atomic mass is 9.79. The highest BCUT2D eigenvalue weighted by Crippen LogP contribution is 2.32. The van der Waals surface area contributed by atoms with E-state index in [-0.39, 0.29) is 27.6 Å². The van der Waals surface area contributed by atoms with E-state index < -0.39 is 0 Å². The fourth-order valence-electron chi connectivity index (χ4n) is 4.23. The second-order valence-electron chi connectivity index (χ2n) is 14.9. The Morgan fingerprint density at radius 3 is 1.41 bits per heavy atom. The molecule has 0 saturated heterocycles. The van der Waals surface area contributed by atoms with Crippen molar-refractivity contribution >= 4 is 5.97 Å². The van der Waals surface area contributed by atoms with Crippen molar-refractivity contribution in [2.75, 3.05) is 20.2 Å². The topological polar surface area (TPSA) is 29.5 Å². The molecule has 0 unspecified atom stereocenters. The van der Waals surface area contributed by atoms with Gasteiger partial charge >= 0.3 is 5.97 Å². The van der Waals surface area contributed by atoms with Gasteiger partial charge in [-0.3, -0.25) is 0 Å². The summed E-state index contributed by atoms with van der Waals surface area (Å²) in [5, 5.41) is 0. The predicted octanol–water partition coefficient (Wildman–Crippen LogP) is 8.56. The summed E-state index contributed by atoms with van der Waals surface area (Å²) in [6, 6.07) is 13.3. The van der Waals surface area contributed by atoms with Gasteiger partial charge in [0.25, 0.3) is 0 Å². The Morgan fingerprint density at radius 2 is 1.03 bits per heavy atom. The first-order chi connectivity index (χ1) is 16.7. The Balaban J connectivity index is 2.03. The van der Waals surface area contributed by atoms with E-state index in [2.05, 4.69) is 119 Å². The number of rotatable bonds is 7. The van der Waals surface area contributed by atoms with Gasteiger partial charge in [0.15, 0.2) is 0 Å². The largest absolute Gasteiger partial charge is 0.462 e. The van der Waals surface area contributed by atoms with Crippen molar-refractivity contribution in [3.63, 3.8) is 0 Å². The third-order valence-electron chi connectivity index (χ3n) is 7.00. The number of hydrogen-bond acceptors (Lipinski definition) is 3. The fourth-order valence-corrected chi connectivity index (χ4v) is 4.23. The Morgan fingerprint density at radius 1 is 0.649 bits per heavy atom. The predicted molar refractivity (Wildman–Crippen MR) is 159 cm³/mol. The van der Waals surface area contributed by atoms with Crippen LogP contribution < -0.4 is 0 Å².